The van der Waals surface area contributed by atoms with E-state index in [1.807, 2.05) is 6.92 Å². The number of halogens is 6. The van der Waals surface area contributed by atoms with E-state index < -0.39 is 72.7 Å². The van der Waals surface area contributed by atoms with Gasteiger partial charge in [-0.2, -0.15) is 36.5 Å². The molecule has 5 rings (SSSR count). The van der Waals surface area contributed by atoms with Crippen LogP contribution >= 0.6 is 0 Å². The Bertz CT molecular complexity index is 1470. The normalized spacial score (nSPS) is 24.1. The molecule has 15 heteroatoms. The first-order chi connectivity index (χ1) is 20.2. The van der Waals surface area contributed by atoms with Crippen molar-refractivity contribution in [3.63, 3.8) is 0 Å². The molecule has 234 valence electrons. The molecule has 9 nitrogen and oxygen atoms in total. The number of amides is 2. The lowest BCUT2D eigenvalue weighted by molar-refractivity contribution is -0.183. The first-order valence-corrected chi connectivity index (χ1v) is 14.4. The third kappa shape index (κ3) is 6.64. The fourth-order valence-corrected chi connectivity index (χ4v) is 6.13. The molecule has 2 aliphatic rings. The Morgan fingerprint density at radius 2 is 1.88 bits per heavy atom. The molecular weight excluding hydrogens is 580 g/mol. The lowest BCUT2D eigenvalue weighted by Gasteiger charge is -2.32. The minimum absolute atomic E-state index is 0.0325. The van der Waals surface area contributed by atoms with Crippen LogP contribution in [0.1, 0.15) is 79.4 Å². The Balaban J connectivity index is 1.50. The zero-order chi connectivity index (χ0) is 31.1. The van der Waals surface area contributed by atoms with Crippen molar-refractivity contribution >= 4 is 17.5 Å². The van der Waals surface area contributed by atoms with E-state index in [1.54, 1.807) is 6.07 Å². The van der Waals surface area contributed by atoms with Gasteiger partial charge in [0.25, 0.3) is 5.91 Å². The van der Waals surface area contributed by atoms with Gasteiger partial charge in [-0.1, -0.05) is 19.8 Å². The minimum Gasteiger partial charge on any atom is -0.355 e. The molecule has 43 heavy (non-hydrogen) atoms. The number of rotatable bonds is 7. The quantitative estimate of drug-likeness (QED) is 0.360. The summed E-state index contributed by atoms with van der Waals surface area (Å²) in [6, 6.07) is 1.75. The maximum atomic E-state index is 14.2. The van der Waals surface area contributed by atoms with Crippen LogP contribution in [0.4, 0.5) is 26.3 Å². The van der Waals surface area contributed by atoms with Crippen molar-refractivity contribution in [3.8, 4) is 0 Å². The van der Waals surface area contributed by atoms with Crippen LogP contribution in [0.3, 0.4) is 0 Å². The zero-order valence-corrected chi connectivity index (χ0v) is 23.7. The Hall–Kier alpha value is -3.65. The molecule has 1 aliphatic carbocycles. The van der Waals surface area contributed by atoms with Crippen LogP contribution in [0.15, 0.2) is 24.5 Å². The monoisotopic (exact) mass is 613 g/mol. The van der Waals surface area contributed by atoms with Crippen molar-refractivity contribution in [1.29, 1.82) is 0 Å². The number of aryl methyl sites for hydroxylation is 1. The summed E-state index contributed by atoms with van der Waals surface area (Å²) in [6.45, 7) is 3.83. The molecule has 4 heterocycles. The van der Waals surface area contributed by atoms with Gasteiger partial charge in [0.05, 0.1) is 35.1 Å². The molecule has 2 amide bonds. The highest BCUT2D eigenvalue weighted by Crippen LogP contribution is 2.39. The molecule has 1 aliphatic heterocycles. The molecule has 3 aromatic rings. The fourth-order valence-electron chi connectivity index (χ4n) is 6.13. The van der Waals surface area contributed by atoms with Gasteiger partial charge in [0.2, 0.25) is 5.91 Å². The predicted octanol–water partition coefficient (Wildman–Crippen LogP) is 5.12. The van der Waals surface area contributed by atoms with Gasteiger partial charge in [-0.3, -0.25) is 14.3 Å². The van der Waals surface area contributed by atoms with Crippen molar-refractivity contribution in [2.45, 2.75) is 77.3 Å². The molecule has 1 saturated carbocycles. The summed E-state index contributed by atoms with van der Waals surface area (Å²) < 4.78 is 85.2. The average Bonchev–Trinajstić information content (AvgIpc) is 3.58. The van der Waals surface area contributed by atoms with Gasteiger partial charge >= 0.3 is 12.4 Å². The van der Waals surface area contributed by atoms with E-state index in [4.69, 9.17) is 0 Å². The Morgan fingerprint density at radius 1 is 1.16 bits per heavy atom. The predicted molar refractivity (Wildman–Crippen MR) is 142 cm³/mol. The second-order valence-corrected chi connectivity index (χ2v) is 11.6. The summed E-state index contributed by atoms with van der Waals surface area (Å²) in [5.41, 5.74) is -1.19. The summed E-state index contributed by atoms with van der Waals surface area (Å²) in [4.78, 5) is 30.1. The summed E-state index contributed by atoms with van der Waals surface area (Å²) in [5, 5.41) is 13.4. The highest BCUT2D eigenvalue weighted by molar-refractivity contribution is 5.92. The van der Waals surface area contributed by atoms with E-state index >= 15 is 0 Å². The maximum Gasteiger partial charge on any atom is 0.418 e. The SMILES string of the molecule is CCn1nccc1C(=O)N[C@H](c1cn2nc(CC3C[C@@H](C(F)(F)F)CNC3=O)c(C(F)(F)F)cc2n1)[C@H]1CC[C@H](C)CC1. The van der Waals surface area contributed by atoms with E-state index in [0.717, 1.165) is 36.3 Å². The van der Waals surface area contributed by atoms with Gasteiger partial charge in [-0.15, -0.1) is 0 Å². The molecule has 0 aromatic carbocycles. The number of fused-ring (bicyclic) bond motifs is 1. The van der Waals surface area contributed by atoms with E-state index in [2.05, 4.69) is 32.7 Å². The smallest absolute Gasteiger partial charge is 0.355 e. The number of hydrogen-bond acceptors (Lipinski definition) is 5. The number of imidazole rings is 1. The Labute approximate surface area is 243 Å². The van der Waals surface area contributed by atoms with Gasteiger partial charge in [-0.05, 0) is 50.2 Å². The molecule has 2 N–H and O–H groups in total. The molecule has 1 unspecified atom stereocenters. The molecule has 3 atom stereocenters. The number of nitrogens with zero attached hydrogens (tertiary/aromatic N) is 5. The van der Waals surface area contributed by atoms with Crippen molar-refractivity contribution in [2.75, 3.05) is 6.54 Å². The number of aromatic nitrogens is 5. The molecule has 0 bridgehead atoms. The third-order valence-corrected chi connectivity index (χ3v) is 8.60. The van der Waals surface area contributed by atoms with Gasteiger partial charge < -0.3 is 10.6 Å². The molecule has 2 fully saturated rings. The van der Waals surface area contributed by atoms with Crippen LogP contribution in [-0.4, -0.2) is 48.9 Å². The first-order valence-electron chi connectivity index (χ1n) is 14.4. The summed E-state index contributed by atoms with van der Waals surface area (Å²) >= 11 is 0. The topological polar surface area (TPSA) is 106 Å². The maximum absolute atomic E-state index is 14.2. The number of alkyl halides is 6. The summed E-state index contributed by atoms with van der Waals surface area (Å²) in [6.07, 6.45) is -4.42. The molecule has 0 radical (unpaired) electrons. The van der Waals surface area contributed by atoms with Crippen LogP contribution < -0.4 is 10.6 Å². The largest absolute Gasteiger partial charge is 0.418 e. The van der Waals surface area contributed by atoms with Gasteiger partial charge in [0.1, 0.15) is 5.69 Å². The van der Waals surface area contributed by atoms with Crippen molar-refractivity contribution < 1.29 is 35.9 Å². The summed E-state index contributed by atoms with van der Waals surface area (Å²) in [5.74, 6) is -3.87. The molecule has 1 saturated heterocycles. The zero-order valence-electron chi connectivity index (χ0n) is 23.7. The lowest BCUT2D eigenvalue weighted by atomic mass is 9.78. The van der Waals surface area contributed by atoms with E-state index in [1.165, 1.54) is 17.1 Å². The number of nitrogens with one attached hydrogen (secondary N) is 2. The molecule has 0 spiro atoms. The van der Waals surface area contributed by atoms with Crippen molar-refractivity contribution in [1.82, 2.24) is 35.0 Å². The van der Waals surface area contributed by atoms with Crippen LogP contribution in [-0.2, 0) is 23.9 Å². The van der Waals surface area contributed by atoms with Crippen LogP contribution in [0.2, 0.25) is 0 Å². The first kappa shape index (κ1) is 30.8. The molecular formula is C28H33F6N7O2. The number of carbonyl (C=O) groups excluding carboxylic acids is 2. The molecule has 3 aromatic heterocycles. The van der Waals surface area contributed by atoms with E-state index in [-0.39, 0.29) is 11.6 Å². The number of carbonyl (C=O) groups is 2. The minimum atomic E-state index is -4.89. The van der Waals surface area contributed by atoms with E-state index in [0.29, 0.717) is 23.9 Å². The van der Waals surface area contributed by atoms with Gasteiger partial charge in [-0.25, -0.2) is 9.50 Å². The average molecular weight is 614 g/mol. The Kier molecular flexibility index (Phi) is 8.45. The van der Waals surface area contributed by atoms with Crippen molar-refractivity contribution in [3.05, 3.63) is 47.2 Å². The Morgan fingerprint density at radius 3 is 2.53 bits per heavy atom. The van der Waals surface area contributed by atoms with E-state index in [9.17, 15) is 35.9 Å². The lowest BCUT2D eigenvalue weighted by Crippen LogP contribution is -2.47. The van der Waals surface area contributed by atoms with Crippen LogP contribution in [0.5, 0.6) is 0 Å². The standard InChI is InChI=1S/C28H33F6N7O2/c1-3-40-22(8-9-36-40)26(43)38-24(16-6-4-15(2)5-7-16)21-14-41-23(37-21)12-19(28(32,33)34)20(39-41)11-17-10-18(27(29,30)31)13-35-25(17)42/h8-9,12,14-18,24H,3-7,10-11,13H2,1-2H3,(H,35,42)(H,38,43)/t15-,16-,17?,18-,24+/m1/s1. The second-order valence-electron chi connectivity index (χ2n) is 11.6. The third-order valence-electron chi connectivity index (χ3n) is 8.60. The van der Waals surface area contributed by atoms with Crippen LogP contribution in [0, 0.1) is 23.7 Å². The highest BCUT2D eigenvalue weighted by atomic mass is 19.4. The highest BCUT2D eigenvalue weighted by Gasteiger charge is 2.46. The fraction of sp³-hybridized carbons (Fsp3) is 0.607. The number of piperidine rings is 1. The van der Waals surface area contributed by atoms with Crippen LogP contribution in [0.25, 0.3) is 5.65 Å². The van der Waals surface area contributed by atoms with Crippen molar-refractivity contribution in [2.24, 2.45) is 23.7 Å². The van der Waals surface area contributed by atoms with Gasteiger partial charge in [0, 0.05) is 31.6 Å². The van der Waals surface area contributed by atoms with Gasteiger partial charge in [0.15, 0.2) is 5.65 Å². The summed E-state index contributed by atoms with van der Waals surface area (Å²) in [7, 11) is 0. The number of hydrogen-bond donors (Lipinski definition) is 2. The second kappa shape index (κ2) is 11.8.